The van der Waals surface area contributed by atoms with Crippen molar-refractivity contribution in [3.8, 4) is 33.8 Å². The highest BCUT2D eigenvalue weighted by molar-refractivity contribution is 5.71. The number of hydrogen-bond donors (Lipinski definition) is 1. The standard InChI is InChI=1S/C26H22O2/c1-28-26-10-6-5-9-24(26)22-14-11-19(12-15-22)17-20-13-16-23(25(27)18-20)21-7-3-2-4-8-21/h2-16,18,27H,17H2,1H3. The molecule has 4 rings (SSSR count). The zero-order chi connectivity index (χ0) is 19.3. The molecule has 0 bridgehead atoms. The van der Waals surface area contributed by atoms with Gasteiger partial charge in [0.15, 0.2) is 0 Å². The molecule has 138 valence electrons. The van der Waals surface area contributed by atoms with E-state index in [2.05, 4.69) is 36.4 Å². The third-order valence-electron chi connectivity index (χ3n) is 4.93. The molecular weight excluding hydrogens is 344 g/mol. The largest absolute Gasteiger partial charge is 0.507 e. The lowest BCUT2D eigenvalue weighted by atomic mass is 9.97. The Balaban J connectivity index is 1.54. The van der Waals surface area contributed by atoms with Gasteiger partial charge in [0.2, 0.25) is 0 Å². The topological polar surface area (TPSA) is 29.5 Å². The van der Waals surface area contributed by atoms with Crippen molar-refractivity contribution in [3.63, 3.8) is 0 Å². The lowest BCUT2D eigenvalue weighted by Gasteiger charge is -2.10. The van der Waals surface area contributed by atoms with Crippen LogP contribution >= 0.6 is 0 Å². The third-order valence-corrected chi connectivity index (χ3v) is 4.93. The molecule has 0 amide bonds. The van der Waals surface area contributed by atoms with E-state index in [0.717, 1.165) is 40.0 Å². The zero-order valence-corrected chi connectivity index (χ0v) is 15.8. The van der Waals surface area contributed by atoms with E-state index in [4.69, 9.17) is 4.74 Å². The van der Waals surface area contributed by atoms with Crippen molar-refractivity contribution in [2.45, 2.75) is 6.42 Å². The molecule has 0 saturated carbocycles. The maximum absolute atomic E-state index is 10.5. The van der Waals surface area contributed by atoms with Crippen molar-refractivity contribution in [1.82, 2.24) is 0 Å². The minimum Gasteiger partial charge on any atom is -0.507 e. The van der Waals surface area contributed by atoms with Gasteiger partial charge < -0.3 is 9.84 Å². The Morgan fingerprint density at radius 2 is 1.29 bits per heavy atom. The molecule has 0 aliphatic carbocycles. The van der Waals surface area contributed by atoms with Crippen molar-refractivity contribution in [2.24, 2.45) is 0 Å². The number of phenolic OH excluding ortho intramolecular Hbond substituents is 1. The Hall–Kier alpha value is -3.52. The first-order valence-corrected chi connectivity index (χ1v) is 9.34. The van der Waals surface area contributed by atoms with Crippen LogP contribution in [0, 0.1) is 0 Å². The average Bonchev–Trinajstić information content (AvgIpc) is 2.75. The Bertz CT molecular complexity index is 1070. The summed E-state index contributed by atoms with van der Waals surface area (Å²) >= 11 is 0. The summed E-state index contributed by atoms with van der Waals surface area (Å²) in [5.41, 5.74) is 6.38. The smallest absolute Gasteiger partial charge is 0.126 e. The number of aromatic hydroxyl groups is 1. The fourth-order valence-corrected chi connectivity index (χ4v) is 3.47. The molecule has 0 aromatic heterocycles. The average molecular weight is 366 g/mol. The number of para-hydroxylation sites is 1. The molecule has 1 N–H and O–H groups in total. The van der Waals surface area contributed by atoms with Gasteiger partial charge in [-0.25, -0.2) is 0 Å². The Kier molecular flexibility index (Phi) is 5.11. The Morgan fingerprint density at radius 3 is 2.00 bits per heavy atom. The van der Waals surface area contributed by atoms with Crippen molar-refractivity contribution < 1.29 is 9.84 Å². The molecule has 28 heavy (non-hydrogen) atoms. The molecular formula is C26H22O2. The third kappa shape index (κ3) is 3.77. The molecule has 0 aliphatic rings. The Morgan fingerprint density at radius 1 is 0.643 bits per heavy atom. The minimum absolute atomic E-state index is 0.314. The highest BCUT2D eigenvalue weighted by Crippen LogP contribution is 2.32. The molecule has 0 aliphatic heterocycles. The molecule has 4 aromatic rings. The molecule has 4 aromatic carbocycles. The SMILES string of the molecule is COc1ccccc1-c1ccc(Cc2ccc(-c3ccccc3)c(O)c2)cc1. The van der Waals surface area contributed by atoms with Gasteiger partial charge in [-0.3, -0.25) is 0 Å². The van der Waals surface area contributed by atoms with Crippen LogP contribution in [0.5, 0.6) is 11.5 Å². The summed E-state index contributed by atoms with van der Waals surface area (Å²) < 4.78 is 5.46. The minimum atomic E-state index is 0.314. The molecule has 0 radical (unpaired) electrons. The lowest BCUT2D eigenvalue weighted by Crippen LogP contribution is -1.91. The second-order valence-corrected chi connectivity index (χ2v) is 6.79. The molecule has 0 fully saturated rings. The fraction of sp³-hybridized carbons (Fsp3) is 0.0769. The lowest BCUT2D eigenvalue weighted by molar-refractivity contribution is 0.416. The summed E-state index contributed by atoms with van der Waals surface area (Å²) in [6.45, 7) is 0. The van der Waals surface area contributed by atoms with Crippen molar-refractivity contribution in [1.29, 1.82) is 0 Å². The van der Waals surface area contributed by atoms with E-state index in [-0.39, 0.29) is 0 Å². The van der Waals surface area contributed by atoms with Gasteiger partial charge in [-0.2, -0.15) is 0 Å². The van der Waals surface area contributed by atoms with Crippen LogP contribution in [-0.4, -0.2) is 12.2 Å². The van der Waals surface area contributed by atoms with Gasteiger partial charge in [-0.15, -0.1) is 0 Å². The summed E-state index contributed by atoms with van der Waals surface area (Å²) in [5.74, 6) is 1.19. The van der Waals surface area contributed by atoms with E-state index in [1.165, 1.54) is 5.56 Å². The summed E-state index contributed by atoms with van der Waals surface area (Å²) in [4.78, 5) is 0. The Labute approximate surface area is 165 Å². The monoisotopic (exact) mass is 366 g/mol. The van der Waals surface area contributed by atoms with Crippen LogP contribution in [0.3, 0.4) is 0 Å². The predicted octanol–water partition coefficient (Wildman–Crippen LogP) is 6.33. The normalized spacial score (nSPS) is 10.6. The van der Waals surface area contributed by atoms with Gasteiger partial charge in [0.05, 0.1) is 7.11 Å². The molecule has 0 heterocycles. The molecule has 2 nitrogen and oxygen atoms in total. The van der Waals surface area contributed by atoms with Crippen LogP contribution in [0.2, 0.25) is 0 Å². The van der Waals surface area contributed by atoms with Gasteiger partial charge in [-0.05, 0) is 40.8 Å². The van der Waals surface area contributed by atoms with Gasteiger partial charge in [0.25, 0.3) is 0 Å². The highest BCUT2D eigenvalue weighted by atomic mass is 16.5. The van der Waals surface area contributed by atoms with Crippen LogP contribution in [0.15, 0.2) is 97.1 Å². The molecule has 0 saturated heterocycles. The maximum atomic E-state index is 10.5. The van der Waals surface area contributed by atoms with E-state index >= 15 is 0 Å². The van der Waals surface area contributed by atoms with Gasteiger partial charge in [0.1, 0.15) is 11.5 Å². The number of phenols is 1. The molecule has 0 unspecified atom stereocenters. The second-order valence-electron chi connectivity index (χ2n) is 6.79. The first-order chi connectivity index (χ1) is 13.7. The maximum Gasteiger partial charge on any atom is 0.126 e. The van der Waals surface area contributed by atoms with E-state index in [0.29, 0.717) is 5.75 Å². The number of benzene rings is 4. The number of hydrogen-bond acceptors (Lipinski definition) is 2. The first-order valence-electron chi connectivity index (χ1n) is 9.34. The van der Waals surface area contributed by atoms with Gasteiger partial charge >= 0.3 is 0 Å². The van der Waals surface area contributed by atoms with Crippen LogP contribution < -0.4 is 4.74 Å². The van der Waals surface area contributed by atoms with E-state index in [9.17, 15) is 5.11 Å². The van der Waals surface area contributed by atoms with Crippen LogP contribution in [0.25, 0.3) is 22.3 Å². The molecule has 0 atom stereocenters. The van der Waals surface area contributed by atoms with Crippen LogP contribution in [-0.2, 0) is 6.42 Å². The van der Waals surface area contributed by atoms with Crippen molar-refractivity contribution >= 4 is 0 Å². The summed E-state index contributed by atoms with van der Waals surface area (Å²) in [6, 6.07) is 32.4. The fourth-order valence-electron chi connectivity index (χ4n) is 3.47. The van der Waals surface area contributed by atoms with Crippen LogP contribution in [0.1, 0.15) is 11.1 Å². The quantitative estimate of drug-likeness (QED) is 0.447. The van der Waals surface area contributed by atoms with Crippen LogP contribution in [0.4, 0.5) is 0 Å². The predicted molar refractivity (Wildman–Crippen MR) is 115 cm³/mol. The van der Waals surface area contributed by atoms with Crippen molar-refractivity contribution in [3.05, 3.63) is 108 Å². The summed E-state index contributed by atoms with van der Waals surface area (Å²) in [7, 11) is 1.69. The summed E-state index contributed by atoms with van der Waals surface area (Å²) in [5, 5.41) is 10.5. The zero-order valence-electron chi connectivity index (χ0n) is 15.8. The van der Waals surface area contributed by atoms with Gasteiger partial charge in [-0.1, -0.05) is 84.9 Å². The van der Waals surface area contributed by atoms with E-state index < -0.39 is 0 Å². The number of methoxy groups -OCH3 is 1. The van der Waals surface area contributed by atoms with E-state index in [1.54, 1.807) is 7.11 Å². The molecule has 0 spiro atoms. The second kappa shape index (κ2) is 8.01. The molecule has 2 heteroatoms. The number of rotatable bonds is 5. The highest BCUT2D eigenvalue weighted by Gasteiger charge is 2.07. The van der Waals surface area contributed by atoms with E-state index in [1.807, 2.05) is 60.7 Å². The number of ether oxygens (including phenoxy) is 1. The van der Waals surface area contributed by atoms with Crippen molar-refractivity contribution in [2.75, 3.05) is 7.11 Å². The van der Waals surface area contributed by atoms with Gasteiger partial charge in [0, 0.05) is 11.1 Å². The summed E-state index contributed by atoms with van der Waals surface area (Å²) in [6.07, 6.45) is 0.773. The first kappa shape index (κ1) is 17.9.